The summed E-state index contributed by atoms with van der Waals surface area (Å²) < 4.78 is 1.82. The Labute approximate surface area is 132 Å². The molecule has 0 aliphatic rings. The van der Waals surface area contributed by atoms with E-state index in [1.165, 1.54) is 0 Å². The summed E-state index contributed by atoms with van der Waals surface area (Å²) in [5.74, 6) is 0.589. The van der Waals surface area contributed by atoms with Crippen LogP contribution in [-0.2, 0) is 13.6 Å². The highest BCUT2D eigenvalue weighted by Gasteiger charge is 2.05. The number of aromatic amines is 1. The highest BCUT2D eigenvalue weighted by molar-refractivity contribution is 5.80. The smallest absolute Gasteiger partial charge is 0.223 e. The van der Waals surface area contributed by atoms with Gasteiger partial charge in [0, 0.05) is 25.0 Å². The van der Waals surface area contributed by atoms with Crippen molar-refractivity contribution in [2.75, 3.05) is 5.32 Å². The van der Waals surface area contributed by atoms with Crippen LogP contribution >= 0.6 is 0 Å². The van der Waals surface area contributed by atoms with Gasteiger partial charge in [-0.3, -0.25) is 4.68 Å². The Bertz CT molecular complexity index is 954. The number of nitrogens with one attached hydrogen (secondary N) is 2. The van der Waals surface area contributed by atoms with E-state index in [2.05, 4.69) is 30.4 Å². The largest absolute Gasteiger partial charge is 0.349 e. The van der Waals surface area contributed by atoms with Crippen LogP contribution in [0.25, 0.3) is 22.3 Å². The fraction of sp³-hybridized carbons (Fsp3) is 0.125. The Kier molecular flexibility index (Phi) is 3.23. The SMILES string of the molecule is Cn1nccc1CNc1nccc(-c2ccc3[nH]cnc3c2)n1. The Morgan fingerprint density at radius 3 is 2.96 bits per heavy atom. The maximum absolute atomic E-state index is 4.57. The number of aryl methyl sites for hydroxylation is 1. The first-order valence-electron chi connectivity index (χ1n) is 7.27. The molecular formula is C16H15N7. The molecule has 0 unspecified atom stereocenters. The number of nitrogens with zero attached hydrogens (tertiary/aromatic N) is 5. The van der Waals surface area contributed by atoms with Crippen molar-refractivity contribution in [1.29, 1.82) is 0 Å². The topological polar surface area (TPSA) is 84.3 Å². The summed E-state index contributed by atoms with van der Waals surface area (Å²) in [6.07, 6.45) is 5.21. The molecule has 0 radical (unpaired) electrons. The lowest BCUT2D eigenvalue weighted by atomic mass is 10.1. The van der Waals surface area contributed by atoms with Gasteiger partial charge in [0.1, 0.15) is 0 Å². The van der Waals surface area contributed by atoms with Gasteiger partial charge in [0.15, 0.2) is 0 Å². The van der Waals surface area contributed by atoms with E-state index < -0.39 is 0 Å². The molecule has 3 aromatic heterocycles. The highest BCUT2D eigenvalue weighted by Crippen LogP contribution is 2.21. The maximum Gasteiger partial charge on any atom is 0.223 e. The molecule has 0 amide bonds. The first-order valence-corrected chi connectivity index (χ1v) is 7.27. The second-order valence-electron chi connectivity index (χ2n) is 5.20. The predicted octanol–water partition coefficient (Wildman–Crippen LogP) is 2.37. The van der Waals surface area contributed by atoms with Gasteiger partial charge in [-0.05, 0) is 24.3 Å². The van der Waals surface area contributed by atoms with Crippen LogP contribution in [0.1, 0.15) is 5.69 Å². The number of fused-ring (bicyclic) bond motifs is 1. The first-order chi connectivity index (χ1) is 11.3. The summed E-state index contributed by atoms with van der Waals surface area (Å²) >= 11 is 0. The van der Waals surface area contributed by atoms with E-state index in [1.807, 2.05) is 42.1 Å². The van der Waals surface area contributed by atoms with Gasteiger partial charge in [-0.25, -0.2) is 15.0 Å². The number of anilines is 1. The third kappa shape index (κ3) is 2.64. The van der Waals surface area contributed by atoms with E-state index in [0.29, 0.717) is 12.5 Å². The molecule has 0 saturated heterocycles. The minimum absolute atomic E-state index is 0.589. The van der Waals surface area contributed by atoms with Crippen LogP contribution in [0.5, 0.6) is 0 Å². The van der Waals surface area contributed by atoms with Crippen molar-refractivity contribution in [1.82, 2.24) is 29.7 Å². The zero-order chi connectivity index (χ0) is 15.6. The van der Waals surface area contributed by atoms with Crippen molar-refractivity contribution in [3.8, 4) is 11.3 Å². The summed E-state index contributed by atoms with van der Waals surface area (Å²) in [5, 5.41) is 7.37. The summed E-state index contributed by atoms with van der Waals surface area (Å²) in [6, 6.07) is 9.89. The molecule has 1 aromatic carbocycles. The quantitative estimate of drug-likeness (QED) is 0.604. The lowest BCUT2D eigenvalue weighted by molar-refractivity contribution is 0.719. The predicted molar refractivity (Wildman–Crippen MR) is 87.7 cm³/mol. The van der Waals surface area contributed by atoms with E-state index >= 15 is 0 Å². The highest BCUT2D eigenvalue weighted by atomic mass is 15.3. The molecular weight excluding hydrogens is 290 g/mol. The van der Waals surface area contributed by atoms with Gasteiger partial charge in [-0.2, -0.15) is 5.10 Å². The Hall–Kier alpha value is -3.22. The molecule has 0 aliphatic carbocycles. The van der Waals surface area contributed by atoms with Crippen LogP contribution in [-0.4, -0.2) is 29.7 Å². The number of hydrogen-bond acceptors (Lipinski definition) is 5. The minimum Gasteiger partial charge on any atom is -0.349 e. The van der Waals surface area contributed by atoms with Gasteiger partial charge in [0.25, 0.3) is 0 Å². The van der Waals surface area contributed by atoms with Gasteiger partial charge in [-0.1, -0.05) is 6.07 Å². The molecule has 0 fully saturated rings. The average molecular weight is 305 g/mol. The van der Waals surface area contributed by atoms with Crippen LogP contribution in [0.3, 0.4) is 0 Å². The lowest BCUT2D eigenvalue weighted by Crippen LogP contribution is -2.07. The van der Waals surface area contributed by atoms with Crippen molar-refractivity contribution < 1.29 is 0 Å². The van der Waals surface area contributed by atoms with Gasteiger partial charge in [0.05, 0.1) is 35.3 Å². The standard InChI is InChI=1S/C16H15N7/c1-23-12(4-7-21-23)9-18-16-17-6-5-13(22-16)11-2-3-14-15(8-11)20-10-19-14/h2-8,10H,9H2,1H3,(H,19,20)(H,17,18,22). The van der Waals surface area contributed by atoms with Crippen LogP contribution in [0.15, 0.2) is 49.1 Å². The van der Waals surface area contributed by atoms with Crippen molar-refractivity contribution in [3.63, 3.8) is 0 Å². The molecule has 2 N–H and O–H groups in total. The summed E-state index contributed by atoms with van der Waals surface area (Å²) in [4.78, 5) is 16.2. The zero-order valence-electron chi connectivity index (χ0n) is 12.6. The van der Waals surface area contributed by atoms with Crippen LogP contribution < -0.4 is 5.32 Å². The number of aromatic nitrogens is 6. The van der Waals surface area contributed by atoms with E-state index in [1.54, 1.807) is 18.7 Å². The fourth-order valence-corrected chi connectivity index (χ4v) is 2.44. The Balaban J connectivity index is 1.59. The van der Waals surface area contributed by atoms with E-state index in [0.717, 1.165) is 28.0 Å². The van der Waals surface area contributed by atoms with Gasteiger partial charge in [-0.15, -0.1) is 0 Å². The van der Waals surface area contributed by atoms with Crippen molar-refractivity contribution in [2.45, 2.75) is 6.54 Å². The van der Waals surface area contributed by atoms with Gasteiger partial charge >= 0.3 is 0 Å². The third-order valence-electron chi connectivity index (χ3n) is 3.72. The Morgan fingerprint density at radius 2 is 2.09 bits per heavy atom. The van der Waals surface area contributed by atoms with E-state index in [-0.39, 0.29) is 0 Å². The van der Waals surface area contributed by atoms with Gasteiger partial charge < -0.3 is 10.3 Å². The van der Waals surface area contributed by atoms with E-state index in [4.69, 9.17) is 0 Å². The molecule has 0 aliphatic heterocycles. The molecule has 4 aromatic rings. The van der Waals surface area contributed by atoms with E-state index in [9.17, 15) is 0 Å². The number of rotatable bonds is 4. The van der Waals surface area contributed by atoms with Crippen molar-refractivity contribution >= 4 is 17.0 Å². The van der Waals surface area contributed by atoms with Gasteiger partial charge in [0.2, 0.25) is 5.95 Å². The third-order valence-corrected chi connectivity index (χ3v) is 3.72. The lowest BCUT2D eigenvalue weighted by Gasteiger charge is -2.07. The number of imidazole rings is 1. The average Bonchev–Trinajstić information content (AvgIpc) is 3.21. The summed E-state index contributed by atoms with van der Waals surface area (Å²) in [7, 11) is 1.91. The molecule has 0 atom stereocenters. The maximum atomic E-state index is 4.57. The number of hydrogen-bond donors (Lipinski definition) is 2. The number of benzene rings is 1. The van der Waals surface area contributed by atoms with Crippen molar-refractivity contribution in [3.05, 3.63) is 54.7 Å². The molecule has 0 saturated carbocycles. The molecule has 0 bridgehead atoms. The normalized spacial score (nSPS) is 11.0. The number of H-pyrrole nitrogens is 1. The molecule has 0 spiro atoms. The fourth-order valence-electron chi connectivity index (χ4n) is 2.44. The monoisotopic (exact) mass is 305 g/mol. The molecule has 4 rings (SSSR count). The van der Waals surface area contributed by atoms with Crippen LogP contribution in [0.4, 0.5) is 5.95 Å². The summed E-state index contributed by atoms with van der Waals surface area (Å²) in [5.41, 5.74) is 4.87. The van der Waals surface area contributed by atoms with Crippen LogP contribution in [0, 0.1) is 0 Å². The molecule has 23 heavy (non-hydrogen) atoms. The second-order valence-corrected chi connectivity index (χ2v) is 5.20. The molecule has 3 heterocycles. The molecule has 114 valence electrons. The van der Waals surface area contributed by atoms with Crippen LogP contribution in [0.2, 0.25) is 0 Å². The summed E-state index contributed by atoms with van der Waals surface area (Å²) in [6.45, 7) is 0.623. The minimum atomic E-state index is 0.589. The molecule has 7 nitrogen and oxygen atoms in total. The zero-order valence-corrected chi connectivity index (χ0v) is 12.6. The van der Waals surface area contributed by atoms with Crippen molar-refractivity contribution in [2.24, 2.45) is 7.05 Å². The molecule has 7 heteroatoms. The Morgan fingerprint density at radius 1 is 1.13 bits per heavy atom. The second kappa shape index (κ2) is 5.53. The first kappa shape index (κ1) is 13.4.